The lowest BCUT2D eigenvalue weighted by Crippen LogP contribution is -2.10. The Bertz CT molecular complexity index is 451. The van der Waals surface area contributed by atoms with Gasteiger partial charge in [0, 0.05) is 5.56 Å². The Balaban J connectivity index is 3.09. The van der Waals surface area contributed by atoms with Gasteiger partial charge in [-0.25, -0.2) is 9.37 Å². The van der Waals surface area contributed by atoms with E-state index in [0.29, 0.717) is 6.29 Å². The maximum atomic E-state index is 13.3. The summed E-state index contributed by atoms with van der Waals surface area (Å²) >= 11 is 11.0. The molecule has 0 aliphatic carbocycles. The van der Waals surface area contributed by atoms with Crippen molar-refractivity contribution in [1.29, 1.82) is 0 Å². The van der Waals surface area contributed by atoms with Crippen molar-refractivity contribution in [1.82, 2.24) is 4.98 Å². The second-order valence-electron chi connectivity index (χ2n) is 2.81. The number of esters is 1. The van der Waals surface area contributed by atoms with Crippen molar-refractivity contribution in [2.75, 3.05) is 0 Å². The average Bonchev–Trinajstić information content (AvgIpc) is 2.22. The van der Waals surface area contributed by atoms with Gasteiger partial charge in [0.25, 0.3) is 0 Å². The van der Waals surface area contributed by atoms with Gasteiger partial charge in [-0.3, -0.25) is 4.79 Å². The van der Waals surface area contributed by atoms with E-state index >= 15 is 0 Å². The molecule has 7 heteroatoms. The molecule has 0 radical (unpaired) electrons. The number of halogens is 3. The third-order valence-corrected chi connectivity index (χ3v) is 2.21. The van der Waals surface area contributed by atoms with Crippen LogP contribution in [0.25, 0.3) is 0 Å². The van der Waals surface area contributed by atoms with Crippen LogP contribution in [0.3, 0.4) is 0 Å². The Morgan fingerprint density at radius 2 is 2.12 bits per heavy atom. The highest BCUT2D eigenvalue weighted by Gasteiger charge is 2.18. The minimum atomic E-state index is -0.844. The van der Waals surface area contributed by atoms with Crippen LogP contribution in [0.1, 0.15) is 12.0 Å². The first-order valence-electron chi connectivity index (χ1n) is 4.12. The van der Waals surface area contributed by atoms with Crippen molar-refractivity contribution < 1.29 is 18.7 Å². The van der Waals surface area contributed by atoms with E-state index in [2.05, 4.69) is 9.72 Å². The Morgan fingerprint density at radius 3 is 2.69 bits per heavy atom. The third kappa shape index (κ3) is 2.68. The Labute approximate surface area is 100 Å². The number of ether oxygens (including phenoxy) is 1. The smallest absolute Gasteiger partial charge is 0.318 e. The van der Waals surface area contributed by atoms with E-state index in [4.69, 9.17) is 23.2 Å². The molecule has 0 aromatic carbocycles. The minimum Gasteiger partial charge on any atom is -0.422 e. The Kier molecular flexibility index (Phi) is 4.20. The maximum Gasteiger partial charge on any atom is 0.318 e. The molecule has 0 unspecified atom stereocenters. The molecule has 86 valence electrons. The highest BCUT2D eigenvalue weighted by molar-refractivity contribution is 6.33. The van der Waals surface area contributed by atoms with Gasteiger partial charge in [-0.2, -0.15) is 0 Å². The zero-order chi connectivity index (χ0) is 12.3. The molecule has 0 atom stereocenters. The van der Waals surface area contributed by atoms with Gasteiger partial charge in [-0.05, 0) is 6.92 Å². The van der Waals surface area contributed by atoms with Gasteiger partial charge in [-0.15, -0.1) is 0 Å². The summed E-state index contributed by atoms with van der Waals surface area (Å²) in [6.45, 7) is 1.33. The molecule has 1 aromatic rings. The topological polar surface area (TPSA) is 56.3 Å². The van der Waals surface area contributed by atoms with Crippen molar-refractivity contribution in [2.45, 2.75) is 13.3 Å². The summed E-state index contributed by atoms with van der Waals surface area (Å²) in [5.41, 5.74) is -0.0377. The standard InChI is InChI=1S/C9H6Cl2FNO3/c1-4-6(12)8(10)13-9(11)7(4)16-5(15)2-3-14/h3H,2H2,1H3. The van der Waals surface area contributed by atoms with Crippen molar-refractivity contribution in [2.24, 2.45) is 0 Å². The number of carbonyl (C=O) groups excluding carboxylic acids is 2. The molecule has 0 saturated carbocycles. The van der Waals surface area contributed by atoms with Crippen molar-refractivity contribution in [3.8, 4) is 5.75 Å². The van der Waals surface area contributed by atoms with E-state index in [9.17, 15) is 14.0 Å². The fraction of sp³-hybridized carbons (Fsp3) is 0.222. The molecule has 0 aliphatic heterocycles. The summed E-state index contributed by atoms with van der Waals surface area (Å²) in [6.07, 6.45) is -0.0781. The first-order valence-corrected chi connectivity index (χ1v) is 4.88. The van der Waals surface area contributed by atoms with Crippen molar-refractivity contribution in [3.63, 3.8) is 0 Å². The summed E-state index contributed by atoms with van der Waals surface area (Å²) in [5.74, 6) is -1.89. The highest BCUT2D eigenvalue weighted by atomic mass is 35.5. The molecule has 0 aliphatic rings. The number of rotatable bonds is 3. The molecule has 0 spiro atoms. The fourth-order valence-corrected chi connectivity index (χ4v) is 1.47. The van der Waals surface area contributed by atoms with Crippen LogP contribution in [0.2, 0.25) is 10.3 Å². The molecule has 4 nitrogen and oxygen atoms in total. The van der Waals surface area contributed by atoms with E-state index in [1.54, 1.807) is 0 Å². The number of aldehydes is 1. The molecule has 1 aromatic heterocycles. The van der Waals surface area contributed by atoms with Crippen LogP contribution in [0.15, 0.2) is 0 Å². The maximum absolute atomic E-state index is 13.3. The van der Waals surface area contributed by atoms with Crippen LogP contribution in [0.4, 0.5) is 4.39 Å². The van der Waals surface area contributed by atoms with Crippen LogP contribution in [0, 0.1) is 12.7 Å². The number of hydrogen-bond acceptors (Lipinski definition) is 4. The van der Waals surface area contributed by atoms with Gasteiger partial charge < -0.3 is 9.53 Å². The Morgan fingerprint density at radius 1 is 1.50 bits per heavy atom. The van der Waals surface area contributed by atoms with Crippen LogP contribution < -0.4 is 4.74 Å². The zero-order valence-electron chi connectivity index (χ0n) is 8.09. The number of aromatic nitrogens is 1. The summed E-state index contributed by atoms with van der Waals surface area (Å²) in [6, 6.07) is 0. The number of nitrogens with zero attached hydrogens (tertiary/aromatic N) is 1. The first kappa shape index (κ1) is 12.9. The minimum absolute atomic E-state index is 0.0377. The van der Waals surface area contributed by atoms with Gasteiger partial charge in [-0.1, -0.05) is 23.2 Å². The molecular weight excluding hydrogens is 260 g/mol. The summed E-state index contributed by atoms with van der Waals surface area (Å²) < 4.78 is 18.0. The molecule has 0 amide bonds. The number of hydrogen-bond donors (Lipinski definition) is 0. The van der Waals surface area contributed by atoms with Gasteiger partial charge in [0.15, 0.2) is 21.9 Å². The van der Waals surface area contributed by atoms with E-state index < -0.39 is 23.4 Å². The lowest BCUT2D eigenvalue weighted by molar-refractivity contribution is -0.135. The normalized spacial score (nSPS) is 10.0. The number of carbonyl (C=O) groups is 2. The second kappa shape index (κ2) is 5.23. The lowest BCUT2D eigenvalue weighted by atomic mass is 10.2. The summed E-state index contributed by atoms with van der Waals surface area (Å²) in [7, 11) is 0. The molecule has 0 fully saturated rings. The Hall–Kier alpha value is -1.20. The van der Waals surface area contributed by atoms with Crippen LogP contribution in [-0.2, 0) is 9.59 Å². The zero-order valence-corrected chi connectivity index (χ0v) is 9.60. The first-order chi connectivity index (χ1) is 7.47. The quantitative estimate of drug-likeness (QED) is 0.364. The monoisotopic (exact) mass is 265 g/mol. The second-order valence-corrected chi connectivity index (χ2v) is 3.52. The molecule has 1 heterocycles. The fourth-order valence-electron chi connectivity index (χ4n) is 0.937. The van der Waals surface area contributed by atoms with Gasteiger partial charge in [0.1, 0.15) is 12.7 Å². The molecular formula is C9H6Cl2FNO3. The van der Waals surface area contributed by atoms with Gasteiger partial charge in [0.05, 0.1) is 0 Å². The number of pyridine rings is 1. The van der Waals surface area contributed by atoms with E-state index in [1.165, 1.54) is 6.92 Å². The SMILES string of the molecule is Cc1c(F)c(Cl)nc(Cl)c1OC(=O)CC=O. The van der Waals surface area contributed by atoms with E-state index in [1.807, 2.05) is 0 Å². The van der Waals surface area contributed by atoms with Gasteiger partial charge in [0.2, 0.25) is 0 Å². The predicted molar refractivity (Wildman–Crippen MR) is 55.3 cm³/mol. The van der Waals surface area contributed by atoms with Crippen LogP contribution in [-0.4, -0.2) is 17.2 Å². The summed E-state index contributed by atoms with van der Waals surface area (Å²) in [5, 5.41) is -0.638. The highest BCUT2D eigenvalue weighted by Crippen LogP contribution is 2.31. The van der Waals surface area contributed by atoms with E-state index in [-0.39, 0.29) is 16.5 Å². The summed E-state index contributed by atoms with van der Waals surface area (Å²) in [4.78, 5) is 24.5. The van der Waals surface area contributed by atoms with Crippen molar-refractivity contribution in [3.05, 3.63) is 21.7 Å². The average molecular weight is 266 g/mol. The van der Waals surface area contributed by atoms with E-state index in [0.717, 1.165) is 0 Å². The van der Waals surface area contributed by atoms with Crippen LogP contribution >= 0.6 is 23.2 Å². The molecule has 0 bridgehead atoms. The predicted octanol–water partition coefficient (Wildman–Crippen LogP) is 2.33. The third-order valence-electron chi connectivity index (χ3n) is 1.70. The van der Waals surface area contributed by atoms with Crippen LogP contribution in [0.5, 0.6) is 5.75 Å². The molecule has 0 saturated heterocycles. The largest absolute Gasteiger partial charge is 0.422 e. The van der Waals surface area contributed by atoms with Crippen molar-refractivity contribution >= 4 is 35.5 Å². The lowest BCUT2D eigenvalue weighted by Gasteiger charge is -2.08. The van der Waals surface area contributed by atoms with Gasteiger partial charge >= 0.3 is 5.97 Å². The molecule has 1 rings (SSSR count). The molecule has 16 heavy (non-hydrogen) atoms. The molecule has 0 N–H and O–H groups in total.